The molecule has 4 aliphatic rings. The van der Waals surface area contributed by atoms with Crippen LogP contribution in [0.4, 0.5) is 0 Å². The third-order valence-corrected chi connectivity index (χ3v) is 15.0. The van der Waals surface area contributed by atoms with Crippen LogP contribution in [0.3, 0.4) is 0 Å². The minimum absolute atomic E-state index is 0.0217. The van der Waals surface area contributed by atoms with Crippen LogP contribution >= 0.6 is 0 Å². The fourth-order valence-corrected chi connectivity index (χ4v) is 10.6. The minimum atomic E-state index is -2.40. The number of piperidine rings is 1. The van der Waals surface area contributed by atoms with E-state index in [9.17, 15) is 34.8 Å². The lowest BCUT2D eigenvalue weighted by Crippen LogP contribution is -2.61. The van der Waals surface area contributed by atoms with Gasteiger partial charge in [0.2, 0.25) is 5.79 Å². The molecule has 0 unspecified atom stereocenters. The number of aliphatic imine (C=N–C) groups is 1. The molecule has 0 aromatic rings. The Kier molecular flexibility index (Phi) is 21.9. The Bertz CT molecular complexity index is 1740. The van der Waals surface area contributed by atoms with Gasteiger partial charge in [-0.3, -0.25) is 14.6 Å². The zero-order valence-corrected chi connectivity index (χ0v) is 41.8. The Hall–Kier alpha value is -3.08. The van der Waals surface area contributed by atoms with Gasteiger partial charge in [0, 0.05) is 65.3 Å². The van der Waals surface area contributed by atoms with Crippen molar-refractivity contribution < 1.29 is 58.5 Å². The molecule has 0 spiro atoms. The molecule has 3 fully saturated rings. The topological polar surface area (TPSA) is 194 Å². The second-order valence-corrected chi connectivity index (χ2v) is 20.0. The summed E-state index contributed by atoms with van der Waals surface area (Å²) in [6.07, 6.45) is 12.6. The monoisotopic (exact) mass is 929 g/mol. The van der Waals surface area contributed by atoms with Gasteiger partial charge in [0.05, 0.1) is 30.5 Å². The van der Waals surface area contributed by atoms with Gasteiger partial charge >= 0.3 is 5.97 Å². The van der Waals surface area contributed by atoms with Gasteiger partial charge in [0.1, 0.15) is 24.4 Å². The van der Waals surface area contributed by atoms with Gasteiger partial charge in [-0.25, -0.2) is 4.79 Å². The molecule has 4 rings (SSSR count). The molecule has 14 heteroatoms. The van der Waals surface area contributed by atoms with Crippen LogP contribution in [0, 0.1) is 35.5 Å². The summed E-state index contributed by atoms with van der Waals surface area (Å²) in [5.74, 6) is -6.28. The van der Waals surface area contributed by atoms with Gasteiger partial charge < -0.3 is 49.0 Å². The van der Waals surface area contributed by atoms with Crippen LogP contribution in [-0.4, -0.2) is 144 Å². The lowest BCUT2D eigenvalue weighted by Gasteiger charge is -2.43. The summed E-state index contributed by atoms with van der Waals surface area (Å²) in [5, 5.41) is 46.1. The standard InChI is InChI=1S/C52H84N2O12/c1-31-17-13-12-14-18-32(2)43(62-9)29-39-22-20-37(7)52(61,66-39)49(58)50(59)54-24-16-15-19-40(54)51(60)65-44(34(4)27-38-21-23-41(55)45(28-38)63-10)30-42(56)33(3)26-36(6)47(57)48(64-11)46(53-8)35(5)25-31/h12-14,17-18,26,31,33-35,37-45,47-48,55-57,61H,15-16,19-25,27-30H2,1-11H3/b14-12+,17-13+,32-18+,36-26+,53-46-/t31-,33-,34-,35-,37-,38+,39+,40+,41-,42-,43+,44+,45-,47-,48+,52-/m1/s1. The molecule has 1 amide bonds. The molecule has 2 bridgehead atoms. The van der Waals surface area contributed by atoms with Crippen molar-refractivity contribution in [2.45, 2.75) is 186 Å². The van der Waals surface area contributed by atoms with Crippen LogP contribution in [0.5, 0.6) is 0 Å². The summed E-state index contributed by atoms with van der Waals surface area (Å²) < 4.78 is 29.9. The maximum absolute atomic E-state index is 14.4. The van der Waals surface area contributed by atoms with E-state index >= 15 is 0 Å². The highest BCUT2D eigenvalue weighted by Crippen LogP contribution is 2.38. The van der Waals surface area contributed by atoms with Crippen LogP contribution < -0.4 is 0 Å². The largest absolute Gasteiger partial charge is 0.460 e. The first kappa shape index (κ1) is 55.5. The minimum Gasteiger partial charge on any atom is -0.460 e. The van der Waals surface area contributed by atoms with Gasteiger partial charge in [0.25, 0.3) is 11.7 Å². The number of hydrogen-bond acceptors (Lipinski definition) is 13. The zero-order valence-electron chi connectivity index (χ0n) is 41.8. The number of fused-ring (bicyclic) bond motifs is 3. The van der Waals surface area contributed by atoms with E-state index in [-0.39, 0.29) is 55.3 Å². The number of carbonyl (C=O) groups excluding carboxylic acids is 3. The second kappa shape index (κ2) is 26.1. The first-order valence-electron chi connectivity index (χ1n) is 24.5. The third kappa shape index (κ3) is 14.5. The highest BCUT2D eigenvalue weighted by Gasteiger charge is 2.53. The van der Waals surface area contributed by atoms with E-state index in [2.05, 4.69) is 24.9 Å². The molecule has 66 heavy (non-hydrogen) atoms. The van der Waals surface area contributed by atoms with Crippen LogP contribution in [0.25, 0.3) is 0 Å². The molecule has 3 aliphatic heterocycles. The number of allylic oxidation sites excluding steroid dienone is 5. The quantitative estimate of drug-likeness (QED) is 0.129. The molecule has 1 saturated carbocycles. The van der Waals surface area contributed by atoms with Gasteiger partial charge in [0.15, 0.2) is 0 Å². The van der Waals surface area contributed by atoms with E-state index in [1.165, 1.54) is 4.90 Å². The summed E-state index contributed by atoms with van der Waals surface area (Å²) in [7, 11) is 6.46. The number of rotatable bonds is 6. The van der Waals surface area contributed by atoms with Crippen LogP contribution in [0.1, 0.15) is 126 Å². The number of methoxy groups -OCH3 is 3. The molecule has 3 heterocycles. The third-order valence-electron chi connectivity index (χ3n) is 15.0. The van der Waals surface area contributed by atoms with Crippen molar-refractivity contribution in [1.82, 2.24) is 4.90 Å². The second-order valence-electron chi connectivity index (χ2n) is 20.0. The average Bonchev–Trinajstić information content (AvgIpc) is 3.29. The predicted molar refractivity (Wildman–Crippen MR) is 254 cm³/mol. The SMILES string of the molecule is C/N=C1/[C@H](C)C[C@H](C)/C=C/C=C/C=C(\C)[C@@H](OC)C[C@@H]2CC[C@@H](C)[C@@](O)(O2)C(=O)C(=O)N2CCCC[C@H]2C(=O)O[C@H]([C@H](C)C[C@@H]2CC[C@@H](O)[C@H](OC)C2)C[C@@H](O)[C@H](C)/C=C(\C)[C@@H](O)[C@H]1OC. The lowest BCUT2D eigenvalue weighted by atomic mass is 9.78. The first-order chi connectivity index (χ1) is 31.3. The van der Waals surface area contributed by atoms with Crippen molar-refractivity contribution in [3.63, 3.8) is 0 Å². The number of nitrogens with zero attached hydrogens (tertiary/aromatic N) is 2. The van der Waals surface area contributed by atoms with E-state index in [1.807, 2.05) is 51.2 Å². The van der Waals surface area contributed by atoms with E-state index in [0.717, 1.165) is 24.1 Å². The number of amides is 1. The van der Waals surface area contributed by atoms with Crippen molar-refractivity contribution in [3.05, 3.63) is 47.6 Å². The highest BCUT2D eigenvalue weighted by molar-refractivity contribution is 6.39. The van der Waals surface area contributed by atoms with Crippen molar-refractivity contribution in [2.24, 2.45) is 40.5 Å². The summed E-state index contributed by atoms with van der Waals surface area (Å²) in [4.78, 5) is 48.8. The number of cyclic esters (lactones) is 1. The molecule has 4 N–H and O–H groups in total. The van der Waals surface area contributed by atoms with Crippen LogP contribution in [0.15, 0.2) is 52.6 Å². The van der Waals surface area contributed by atoms with E-state index in [1.54, 1.807) is 42.2 Å². The van der Waals surface area contributed by atoms with Crippen molar-refractivity contribution in [1.29, 1.82) is 0 Å². The van der Waals surface area contributed by atoms with Crippen molar-refractivity contribution >= 4 is 23.4 Å². The maximum atomic E-state index is 14.4. The molecule has 14 nitrogen and oxygen atoms in total. The first-order valence-corrected chi connectivity index (χ1v) is 24.5. The van der Waals surface area contributed by atoms with Crippen molar-refractivity contribution in [2.75, 3.05) is 34.9 Å². The Morgan fingerprint density at radius 1 is 0.848 bits per heavy atom. The van der Waals surface area contributed by atoms with Gasteiger partial charge in [-0.2, -0.15) is 0 Å². The molecule has 16 atom stereocenters. The van der Waals surface area contributed by atoms with Crippen LogP contribution in [-0.2, 0) is 38.1 Å². The molecule has 374 valence electrons. The van der Waals surface area contributed by atoms with Gasteiger partial charge in [-0.1, -0.05) is 71.1 Å². The molecular formula is C52H84N2O12. The summed E-state index contributed by atoms with van der Waals surface area (Å²) in [6.45, 7) is 13.6. The number of aliphatic hydroxyl groups is 4. The normalized spacial score (nSPS) is 41.7. The molecule has 0 radical (unpaired) electrons. The Labute approximate surface area is 394 Å². The molecule has 2 saturated heterocycles. The van der Waals surface area contributed by atoms with Crippen molar-refractivity contribution in [3.8, 4) is 0 Å². The number of esters is 1. The number of hydrogen-bond donors (Lipinski definition) is 4. The Balaban J connectivity index is 1.72. The van der Waals surface area contributed by atoms with E-state index in [4.69, 9.17) is 23.7 Å². The Morgan fingerprint density at radius 2 is 1.58 bits per heavy atom. The fourth-order valence-electron chi connectivity index (χ4n) is 10.6. The fraction of sp³-hybridized carbons (Fsp3) is 0.769. The number of ketones is 1. The molecule has 0 aromatic heterocycles. The summed E-state index contributed by atoms with van der Waals surface area (Å²) >= 11 is 0. The molecule has 0 aromatic carbocycles. The maximum Gasteiger partial charge on any atom is 0.329 e. The van der Waals surface area contributed by atoms with Gasteiger partial charge in [-0.05, 0) is 113 Å². The smallest absolute Gasteiger partial charge is 0.329 e. The van der Waals surface area contributed by atoms with Gasteiger partial charge in [-0.15, -0.1) is 0 Å². The Morgan fingerprint density at radius 3 is 2.24 bits per heavy atom. The number of ether oxygens (including phenoxy) is 5. The number of aliphatic hydroxyl groups excluding tert-OH is 3. The average molecular weight is 929 g/mol. The molecular weight excluding hydrogens is 845 g/mol. The molecule has 1 aliphatic carbocycles. The number of carbonyl (C=O) groups is 3. The number of Topliss-reactive ketones (excluding diaryl/α,β-unsaturated/α-hetero) is 1. The lowest BCUT2D eigenvalue weighted by molar-refractivity contribution is -0.265. The van der Waals surface area contributed by atoms with E-state index < -0.39 is 77.9 Å². The summed E-state index contributed by atoms with van der Waals surface area (Å²) in [5.41, 5.74) is 2.24. The van der Waals surface area contributed by atoms with E-state index in [0.29, 0.717) is 56.9 Å². The summed E-state index contributed by atoms with van der Waals surface area (Å²) in [6, 6.07) is -1.09. The highest BCUT2D eigenvalue weighted by atomic mass is 16.6. The van der Waals surface area contributed by atoms with Crippen LogP contribution in [0.2, 0.25) is 0 Å². The predicted octanol–water partition coefficient (Wildman–Crippen LogP) is 6.47. The zero-order chi connectivity index (χ0) is 48.9.